The molecule has 8 nitrogen and oxygen atoms in total. The van der Waals surface area contributed by atoms with Gasteiger partial charge in [-0.15, -0.1) is 0 Å². The van der Waals surface area contributed by atoms with E-state index in [0.29, 0.717) is 32.5 Å². The third-order valence-electron chi connectivity index (χ3n) is 4.84. The molecule has 0 atom stereocenters. The zero-order valence-corrected chi connectivity index (χ0v) is 15.9. The van der Waals surface area contributed by atoms with Crippen molar-refractivity contribution in [1.29, 1.82) is 0 Å². The quantitative estimate of drug-likeness (QED) is 0.745. The van der Waals surface area contributed by atoms with Crippen molar-refractivity contribution in [3.63, 3.8) is 0 Å². The number of hydrogen-bond acceptors (Lipinski definition) is 5. The number of ether oxygens (including phenoxy) is 1. The smallest absolute Gasteiger partial charge is 0.409 e. The molecule has 2 rings (SSSR count). The normalized spacial score (nSPS) is 20.0. The highest BCUT2D eigenvalue weighted by molar-refractivity contribution is 7.88. The first kappa shape index (κ1) is 20.0. The van der Waals surface area contributed by atoms with E-state index >= 15 is 0 Å². The molecule has 1 saturated carbocycles. The zero-order chi connectivity index (χ0) is 18.4. The minimum absolute atomic E-state index is 0.153. The summed E-state index contributed by atoms with van der Waals surface area (Å²) >= 11 is 0. The van der Waals surface area contributed by atoms with E-state index in [1.54, 1.807) is 11.8 Å². The van der Waals surface area contributed by atoms with Crippen LogP contribution in [0.5, 0.6) is 0 Å². The first-order valence-corrected chi connectivity index (χ1v) is 10.8. The van der Waals surface area contributed by atoms with E-state index < -0.39 is 10.0 Å². The number of hydrogen-bond donors (Lipinski definition) is 1. The summed E-state index contributed by atoms with van der Waals surface area (Å²) in [5, 5.41) is 2.93. The largest absolute Gasteiger partial charge is 0.450 e. The molecule has 144 valence electrons. The van der Waals surface area contributed by atoms with E-state index in [-0.39, 0.29) is 30.6 Å². The minimum atomic E-state index is -3.50. The number of carbonyl (C=O) groups excluding carboxylic acids is 2. The molecule has 1 aliphatic carbocycles. The van der Waals surface area contributed by atoms with Gasteiger partial charge in [0.05, 0.1) is 19.4 Å². The number of nitrogens with one attached hydrogen (secondary N) is 1. The second kappa shape index (κ2) is 8.84. The van der Waals surface area contributed by atoms with Crippen LogP contribution in [0, 0.1) is 0 Å². The summed E-state index contributed by atoms with van der Waals surface area (Å²) in [6.45, 7) is 2.77. The standard InChI is InChI=1S/C16H29N3O5S/c1-3-24-16(21)18-10-8-14(9-11-18)19(25(2,22)23)12-15(20)17-13-6-4-5-7-13/h13-14H,3-12H2,1-2H3,(H,17,20). The number of sulfonamides is 1. The Kier molecular flexibility index (Phi) is 7.06. The molecule has 0 aromatic rings. The fraction of sp³-hybridized carbons (Fsp3) is 0.875. The van der Waals surface area contributed by atoms with Gasteiger partial charge in [0.25, 0.3) is 0 Å². The highest BCUT2D eigenvalue weighted by Crippen LogP contribution is 2.21. The second-order valence-corrected chi connectivity index (χ2v) is 8.71. The van der Waals surface area contributed by atoms with Crippen LogP contribution in [0.2, 0.25) is 0 Å². The predicted octanol–water partition coefficient (Wildman–Crippen LogP) is 0.928. The Labute approximate surface area is 149 Å². The molecule has 25 heavy (non-hydrogen) atoms. The van der Waals surface area contributed by atoms with Crippen molar-refractivity contribution in [1.82, 2.24) is 14.5 Å². The summed E-state index contributed by atoms with van der Waals surface area (Å²) in [5.74, 6) is -0.245. The van der Waals surface area contributed by atoms with Gasteiger partial charge in [0.15, 0.2) is 0 Å². The Balaban J connectivity index is 1.92. The fourth-order valence-electron chi connectivity index (χ4n) is 3.55. The van der Waals surface area contributed by atoms with Crippen molar-refractivity contribution >= 4 is 22.0 Å². The molecule has 0 aromatic heterocycles. The van der Waals surface area contributed by atoms with Gasteiger partial charge in [-0.25, -0.2) is 13.2 Å². The number of likely N-dealkylation sites (tertiary alicyclic amines) is 1. The van der Waals surface area contributed by atoms with Gasteiger partial charge in [0.2, 0.25) is 15.9 Å². The van der Waals surface area contributed by atoms with Crippen LogP contribution in [0.3, 0.4) is 0 Å². The van der Waals surface area contributed by atoms with Crippen LogP contribution in [0.4, 0.5) is 4.79 Å². The highest BCUT2D eigenvalue weighted by Gasteiger charge is 2.33. The van der Waals surface area contributed by atoms with Crippen LogP contribution in [-0.2, 0) is 19.6 Å². The number of nitrogens with zero attached hydrogens (tertiary/aromatic N) is 2. The number of amides is 2. The summed E-state index contributed by atoms with van der Waals surface area (Å²) in [6.07, 6.45) is 5.90. The van der Waals surface area contributed by atoms with Crippen molar-refractivity contribution < 1.29 is 22.7 Å². The van der Waals surface area contributed by atoms with E-state index in [9.17, 15) is 18.0 Å². The maximum Gasteiger partial charge on any atom is 0.409 e. The van der Waals surface area contributed by atoms with E-state index in [0.717, 1.165) is 31.9 Å². The Morgan fingerprint density at radius 1 is 1.16 bits per heavy atom. The molecule has 0 unspecified atom stereocenters. The summed E-state index contributed by atoms with van der Waals surface area (Å²) < 4.78 is 30.6. The molecule has 0 aromatic carbocycles. The van der Waals surface area contributed by atoms with Gasteiger partial charge < -0.3 is 15.0 Å². The summed E-state index contributed by atoms with van der Waals surface area (Å²) in [4.78, 5) is 25.6. The Hall–Kier alpha value is -1.35. The highest BCUT2D eigenvalue weighted by atomic mass is 32.2. The van der Waals surface area contributed by atoms with Crippen molar-refractivity contribution in [2.75, 3.05) is 32.5 Å². The molecule has 0 bridgehead atoms. The number of piperidine rings is 1. The van der Waals surface area contributed by atoms with Crippen molar-refractivity contribution in [2.45, 2.75) is 57.5 Å². The van der Waals surface area contributed by atoms with Gasteiger partial charge >= 0.3 is 6.09 Å². The van der Waals surface area contributed by atoms with E-state index in [4.69, 9.17) is 4.74 Å². The molecule has 1 heterocycles. The molecule has 2 amide bonds. The fourth-order valence-corrected chi connectivity index (χ4v) is 4.66. The van der Waals surface area contributed by atoms with Crippen molar-refractivity contribution in [3.05, 3.63) is 0 Å². The van der Waals surface area contributed by atoms with Gasteiger partial charge in [0, 0.05) is 25.2 Å². The maximum atomic E-state index is 12.3. The van der Waals surface area contributed by atoms with Crippen LogP contribution in [0.15, 0.2) is 0 Å². The molecule has 2 aliphatic rings. The summed E-state index contributed by atoms with van der Waals surface area (Å²) in [7, 11) is -3.50. The average Bonchev–Trinajstić information content (AvgIpc) is 3.05. The summed E-state index contributed by atoms with van der Waals surface area (Å²) in [6, 6.07) is -0.102. The molecule has 1 saturated heterocycles. The third-order valence-corrected chi connectivity index (χ3v) is 6.12. The van der Waals surface area contributed by atoms with Gasteiger partial charge in [0.1, 0.15) is 0 Å². The Bertz CT molecular complexity index is 566. The molecule has 9 heteroatoms. The number of rotatable bonds is 6. The van der Waals surface area contributed by atoms with Gasteiger partial charge in [-0.05, 0) is 32.6 Å². The molecule has 0 spiro atoms. The molecule has 1 N–H and O–H groups in total. The molecular weight excluding hydrogens is 346 g/mol. The Morgan fingerprint density at radius 3 is 2.28 bits per heavy atom. The van der Waals surface area contributed by atoms with Crippen molar-refractivity contribution in [2.24, 2.45) is 0 Å². The SMILES string of the molecule is CCOC(=O)N1CCC(N(CC(=O)NC2CCCC2)S(C)(=O)=O)CC1. The first-order chi connectivity index (χ1) is 11.8. The molecule has 0 radical (unpaired) electrons. The average molecular weight is 375 g/mol. The van der Waals surface area contributed by atoms with Gasteiger partial charge in [-0.1, -0.05) is 12.8 Å². The van der Waals surface area contributed by atoms with Crippen LogP contribution in [0.1, 0.15) is 45.4 Å². The van der Waals surface area contributed by atoms with Crippen LogP contribution >= 0.6 is 0 Å². The minimum Gasteiger partial charge on any atom is -0.450 e. The lowest BCUT2D eigenvalue weighted by Crippen LogP contribution is -2.52. The lowest BCUT2D eigenvalue weighted by Gasteiger charge is -2.36. The monoisotopic (exact) mass is 375 g/mol. The topological polar surface area (TPSA) is 96.0 Å². The van der Waals surface area contributed by atoms with E-state index in [1.807, 2.05) is 0 Å². The Morgan fingerprint density at radius 2 is 1.76 bits per heavy atom. The first-order valence-electron chi connectivity index (χ1n) is 8.99. The molecule has 2 fully saturated rings. The van der Waals surface area contributed by atoms with E-state index in [2.05, 4.69) is 5.32 Å². The summed E-state index contributed by atoms with van der Waals surface area (Å²) in [5.41, 5.74) is 0. The zero-order valence-electron chi connectivity index (χ0n) is 15.1. The maximum absolute atomic E-state index is 12.3. The molecule has 1 aliphatic heterocycles. The van der Waals surface area contributed by atoms with Crippen LogP contribution in [0.25, 0.3) is 0 Å². The van der Waals surface area contributed by atoms with Crippen LogP contribution < -0.4 is 5.32 Å². The van der Waals surface area contributed by atoms with E-state index in [1.165, 1.54) is 4.31 Å². The second-order valence-electron chi connectivity index (χ2n) is 6.77. The lowest BCUT2D eigenvalue weighted by molar-refractivity contribution is -0.122. The van der Waals surface area contributed by atoms with Crippen molar-refractivity contribution in [3.8, 4) is 0 Å². The lowest BCUT2D eigenvalue weighted by atomic mass is 10.1. The molecular formula is C16H29N3O5S. The van der Waals surface area contributed by atoms with Gasteiger partial charge in [-0.2, -0.15) is 4.31 Å². The third kappa shape index (κ3) is 5.85. The predicted molar refractivity (Wildman–Crippen MR) is 93.6 cm³/mol. The van der Waals surface area contributed by atoms with Crippen LogP contribution in [-0.4, -0.2) is 74.2 Å². The van der Waals surface area contributed by atoms with Gasteiger partial charge in [-0.3, -0.25) is 4.79 Å². The number of carbonyl (C=O) groups is 2.